The van der Waals surface area contributed by atoms with Gasteiger partial charge in [-0.15, -0.1) is 0 Å². The zero-order valence-corrected chi connectivity index (χ0v) is 13.1. The number of carboxylic acid groups (broad SMARTS) is 4. The zero-order chi connectivity index (χ0) is 19.5. The maximum atomic E-state index is 11.3. The molecule has 1 rings (SSSR count). The van der Waals surface area contributed by atoms with Crippen LogP contribution in [0.5, 0.6) is 0 Å². The number of aliphatic carboxylic acids is 4. The molecule has 0 amide bonds. The van der Waals surface area contributed by atoms with E-state index in [9.17, 15) is 27.6 Å². The summed E-state index contributed by atoms with van der Waals surface area (Å²) in [5.41, 5.74) is -3.35. The molecule has 0 saturated heterocycles. The van der Waals surface area contributed by atoms with Gasteiger partial charge >= 0.3 is 34.0 Å². The number of nitrogens with one attached hydrogen (secondary N) is 2. The van der Waals surface area contributed by atoms with E-state index in [1.54, 1.807) is 0 Å². The molecule has 1 aliphatic rings. The predicted molar refractivity (Wildman–Crippen MR) is 75.4 cm³/mol. The van der Waals surface area contributed by atoms with Crippen molar-refractivity contribution in [3.63, 3.8) is 0 Å². The van der Waals surface area contributed by atoms with Crippen LogP contribution in [0.2, 0.25) is 0 Å². The Hall–Kier alpha value is -2.87. The van der Waals surface area contributed by atoms with Gasteiger partial charge in [0.2, 0.25) is 5.50 Å². The Bertz CT molecular complexity index is 695. The molecule has 2 unspecified atom stereocenters. The highest BCUT2D eigenvalue weighted by Gasteiger charge is 2.42. The second-order valence-electron chi connectivity index (χ2n) is 4.99. The van der Waals surface area contributed by atoms with E-state index in [4.69, 9.17) is 25.0 Å². The van der Waals surface area contributed by atoms with Crippen LogP contribution >= 0.6 is 0 Å². The molecule has 0 saturated carbocycles. The summed E-state index contributed by atoms with van der Waals surface area (Å²) in [6.45, 7) is 0. The number of hydrogen-bond donors (Lipinski definition) is 7. The maximum Gasteiger partial charge on any atom is 0.313 e. The number of carbonyl (C=O) groups is 4. The van der Waals surface area contributed by atoms with E-state index in [1.807, 2.05) is 10.6 Å². The van der Waals surface area contributed by atoms with Crippen molar-refractivity contribution in [2.24, 2.45) is 11.8 Å². The zero-order valence-electron chi connectivity index (χ0n) is 12.2. The number of rotatable bonds is 9. The topological polar surface area (TPSA) is 228 Å². The van der Waals surface area contributed by atoms with Gasteiger partial charge in [0.05, 0.1) is 12.8 Å². The fraction of sp³-hybridized carbons (Fsp3) is 0.455. The quantitative estimate of drug-likeness (QED) is 0.212. The van der Waals surface area contributed by atoms with E-state index in [2.05, 4.69) is 0 Å². The Balaban J connectivity index is 3.46. The molecular weight excluding hydrogens is 368 g/mol. The third-order valence-electron chi connectivity index (χ3n) is 3.21. The van der Waals surface area contributed by atoms with Crippen LogP contribution in [-0.2, 0) is 29.3 Å². The molecule has 14 heteroatoms. The lowest BCUT2D eigenvalue weighted by atomic mass is 9.93. The third kappa shape index (κ3) is 5.05. The molecule has 0 bridgehead atoms. The van der Waals surface area contributed by atoms with Crippen LogP contribution in [0, 0.1) is 11.8 Å². The fourth-order valence-electron chi connectivity index (χ4n) is 2.17. The summed E-state index contributed by atoms with van der Waals surface area (Å²) in [5.74, 6) is -10.4. The summed E-state index contributed by atoms with van der Waals surface area (Å²) in [7, 11) is -4.89. The SMILES string of the molecule is O=C(O)CC(C(=O)O)C1=C(C(CC(=O)O)C(=O)O)NC(S(=O)(=O)O)N1. The molecular formula is C11H14N2O11S. The summed E-state index contributed by atoms with van der Waals surface area (Å²) < 4.78 is 31.5. The Kier molecular flexibility index (Phi) is 5.93. The molecule has 1 heterocycles. The van der Waals surface area contributed by atoms with E-state index in [0.717, 1.165) is 0 Å². The Morgan fingerprint density at radius 1 is 0.840 bits per heavy atom. The monoisotopic (exact) mass is 382 g/mol. The normalized spacial score (nSPS) is 19.5. The van der Waals surface area contributed by atoms with Crippen LogP contribution in [0.4, 0.5) is 0 Å². The molecule has 0 aromatic heterocycles. The van der Waals surface area contributed by atoms with Gasteiger partial charge in [-0.3, -0.25) is 23.7 Å². The van der Waals surface area contributed by atoms with Crippen molar-refractivity contribution < 1.29 is 52.6 Å². The summed E-state index contributed by atoms with van der Waals surface area (Å²) in [6.07, 6.45) is -2.08. The first-order valence-electron chi connectivity index (χ1n) is 6.47. The molecule has 0 aliphatic carbocycles. The van der Waals surface area contributed by atoms with E-state index in [1.165, 1.54) is 0 Å². The smallest absolute Gasteiger partial charge is 0.313 e. The van der Waals surface area contributed by atoms with Crippen LogP contribution in [-0.4, -0.2) is 62.8 Å². The van der Waals surface area contributed by atoms with E-state index in [-0.39, 0.29) is 0 Å². The van der Waals surface area contributed by atoms with Gasteiger partial charge in [0.15, 0.2) is 0 Å². The first kappa shape index (κ1) is 20.2. The van der Waals surface area contributed by atoms with Crippen molar-refractivity contribution in [1.29, 1.82) is 0 Å². The highest BCUT2D eigenvalue weighted by molar-refractivity contribution is 7.86. The van der Waals surface area contributed by atoms with Crippen LogP contribution in [0.15, 0.2) is 11.4 Å². The van der Waals surface area contributed by atoms with E-state index in [0.29, 0.717) is 0 Å². The first-order valence-corrected chi connectivity index (χ1v) is 7.97. The molecule has 0 radical (unpaired) electrons. The van der Waals surface area contributed by atoms with Gasteiger partial charge in [0.25, 0.3) is 0 Å². The van der Waals surface area contributed by atoms with Gasteiger partial charge in [-0.2, -0.15) is 8.42 Å². The summed E-state index contributed by atoms with van der Waals surface area (Å²) in [4.78, 5) is 44.2. The molecule has 0 aromatic rings. The second-order valence-corrected chi connectivity index (χ2v) is 6.49. The minimum atomic E-state index is -4.89. The summed E-state index contributed by atoms with van der Waals surface area (Å²) >= 11 is 0. The molecule has 140 valence electrons. The van der Waals surface area contributed by atoms with Crippen molar-refractivity contribution >= 4 is 34.0 Å². The van der Waals surface area contributed by atoms with Crippen molar-refractivity contribution in [3.8, 4) is 0 Å². The number of hydrogen-bond acceptors (Lipinski definition) is 8. The average molecular weight is 382 g/mol. The summed E-state index contributed by atoms with van der Waals surface area (Å²) in [5, 5.41) is 39.9. The average Bonchev–Trinajstić information content (AvgIpc) is 2.85. The lowest BCUT2D eigenvalue weighted by Gasteiger charge is -2.17. The Morgan fingerprint density at radius 2 is 1.16 bits per heavy atom. The van der Waals surface area contributed by atoms with Crippen molar-refractivity contribution in [2.75, 3.05) is 0 Å². The fourth-order valence-corrected chi connectivity index (χ4v) is 2.73. The lowest BCUT2D eigenvalue weighted by molar-refractivity contribution is -0.147. The molecule has 0 fully saturated rings. The van der Waals surface area contributed by atoms with Gasteiger partial charge in [0.1, 0.15) is 11.8 Å². The lowest BCUT2D eigenvalue weighted by Crippen LogP contribution is -2.42. The van der Waals surface area contributed by atoms with Crippen LogP contribution in [0.25, 0.3) is 0 Å². The van der Waals surface area contributed by atoms with E-state index >= 15 is 0 Å². The van der Waals surface area contributed by atoms with Crippen LogP contribution < -0.4 is 10.6 Å². The molecule has 0 spiro atoms. The maximum absolute atomic E-state index is 11.3. The van der Waals surface area contributed by atoms with Gasteiger partial charge in [-0.05, 0) is 0 Å². The number of carboxylic acids is 4. The standard InChI is InChI=1S/C11H14N2O11S/c14-5(15)1-3(9(18)19)7-8(4(10(20)21)2-6(16)17)13-11(12-7)25(22,23)24/h3-4,11-13H,1-2H2,(H,14,15)(H,16,17)(H,18,19)(H,20,21)(H,22,23,24). The molecule has 13 nitrogen and oxygen atoms in total. The van der Waals surface area contributed by atoms with Gasteiger partial charge in [-0.1, -0.05) is 0 Å². The van der Waals surface area contributed by atoms with Gasteiger partial charge in [-0.25, -0.2) is 0 Å². The van der Waals surface area contributed by atoms with Crippen LogP contribution in [0.1, 0.15) is 12.8 Å². The van der Waals surface area contributed by atoms with Gasteiger partial charge in [0, 0.05) is 11.4 Å². The first-order chi connectivity index (χ1) is 11.3. The highest BCUT2D eigenvalue weighted by atomic mass is 32.2. The Labute approximate surface area is 139 Å². The minimum Gasteiger partial charge on any atom is -0.481 e. The molecule has 2 atom stereocenters. The van der Waals surface area contributed by atoms with Crippen molar-refractivity contribution in [3.05, 3.63) is 11.4 Å². The van der Waals surface area contributed by atoms with Crippen molar-refractivity contribution in [2.45, 2.75) is 18.3 Å². The molecule has 25 heavy (non-hydrogen) atoms. The minimum absolute atomic E-state index is 0.647. The van der Waals surface area contributed by atoms with Crippen molar-refractivity contribution in [1.82, 2.24) is 10.6 Å². The van der Waals surface area contributed by atoms with E-state index < -0.39 is 75.6 Å². The highest BCUT2D eigenvalue weighted by Crippen LogP contribution is 2.28. The second kappa shape index (κ2) is 7.35. The Morgan fingerprint density at radius 3 is 1.36 bits per heavy atom. The molecule has 0 aromatic carbocycles. The van der Waals surface area contributed by atoms with Crippen LogP contribution in [0.3, 0.4) is 0 Å². The molecule has 1 aliphatic heterocycles. The largest absolute Gasteiger partial charge is 0.481 e. The summed E-state index contributed by atoms with van der Waals surface area (Å²) in [6, 6.07) is 0. The molecule has 7 N–H and O–H groups in total. The third-order valence-corrected chi connectivity index (χ3v) is 4.04. The predicted octanol–water partition coefficient (Wildman–Crippen LogP) is -2.09. The van der Waals surface area contributed by atoms with Gasteiger partial charge < -0.3 is 31.1 Å².